The minimum absolute atomic E-state index is 0.0255. The van der Waals surface area contributed by atoms with E-state index < -0.39 is 12.2 Å². The van der Waals surface area contributed by atoms with Gasteiger partial charge in [-0.1, -0.05) is 13.8 Å². The van der Waals surface area contributed by atoms with Crippen molar-refractivity contribution in [1.82, 2.24) is 0 Å². The third kappa shape index (κ3) is 2.28. The highest BCUT2D eigenvalue weighted by atomic mass is 16.3. The average molecular weight is 116 g/mol. The van der Waals surface area contributed by atoms with Gasteiger partial charge in [-0.2, -0.15) is 0 Å². The second-order valence-corrected chi connectivity index (χ2v) is 2.41. The van der Waals surface area contributed by atoms with Crippen molar-refractivity contribution in [1.29, 1.82) is 0 Å². The van der Waals surface area contributed by atoms with Gasteiger partial charge in [-0.05, 0) is 12.8 Å². The standard InChI is InChI=1S/C6H12O2/c1-4(2)6(8)5(3)7/h4-6H,1-3H3. The first-order valence-corrected chi connectivity index (χ1v) is 2.87. The molecule has 0 rings (SSSR count). The van der Waals surface area contributed by atoms with E-state index in [1.165, 1.54) is 6.92 Å². The highest BCUT2D eigenvalue weighted by molar-refractivity contribution is 4.63. The van der Waals surface area contributed by atoms with Gasteiger partial charge in [0.05, 0.1) is 0 Å². The summed E-state index contributed by atoms with van der Waals surface area (Å²) >= 11 is 0. The van der Waals surface area contributed by atoms with Gasteiger partial charge >= 0.3 is 0 Å². The SMILES string of the molecule is CC(C)C([O])C(C)[O]. The van der Waals surface area contributed by atoms with E-state index >= 15 is 0 Å². The molecule has 0 heterocycles. The molecule has 8 heavy (non-hydrogen) atoms. The molecular weight excluding hydrogens is 104 g/mol. The van der Waals surface area contributed by atoms with Crippen molar-refractivity contribution in [3.63, 3.8) is 0 Å². The van der Waals surface area contributed by atoms with Crippen LogP contribution in [0.4, 0.5) is 0 Å². The summed E-state index contributed by atoms with van der Waals surface area (Å²) in [6, 6.07) is 0. The molecule has 0 bridgehead atoms. The van der Waals surface area contributed by atoms with Gasteiger partial charge in [-0.25, -0.2) is 10.2 Å². The zero-order chi connectivity index (χ0) is 6.73. The summed E-state index contributed by atoms with van der Waals surface area (Å²) in [4.78, 5) is 0. The van der Waals surface area contributed by atoms with E-state index in [4.69, 9.17) is 0 Å². The van der Waals surface area contributed by atoms with Crippen LogP contribution in [0.15, 0.2) is 0 Å². The lowest BCUT2D eigenvalue weighted by Crippen LogP contribution is -2.25. The first-order chi connectivity index (χ1) is 3.55. The van der Waals surface area contributed by atoms with Crippen LogP contribution in [-0.2, 0) is 10.2 Å². The van der Waals surface area contributed by atoms with Crippen molar-refractivity contribution in [3.8, 4) is 0 Å². The number of hydrogen-bond acceptors (Lipinski definition) is 0. The average Bonchev–Trinajstić information content (AvgIpc) is 1.64. The highest BCUT2D eigenvalue weighted by Crippen LogP contribution is 2.05. The normalized spacial score (nSPS) is 18.8. The molecule has 0 aliphatic carbocycles. The fraction of sp³-hybridized carbons (Fsp3) is 1.00. The molecule has 2 nitrogen and oxygen atoms in total. The molecule has 2 unspecified atom stereocenters. The quantitative estimate of drug-likeness (QED) is 0.521. The Bertz CT molecular complexity index is 51.5. The van der Waals surface area contributed by atoms with Crippen LogP contribution in [0.25, 0.3) is 0 Å². The summed E-state index contributed by atoms with van der Waals surface area (Å²) in [5, 5.41) is 21.0. The van der Waals surface area contributed by atoms with Crippen LogP contribution in [0.2, 0.25) is 0 Å². The van der Waals surface area contributed by atoms with Crippen LogP contribution in [0, 0.1) is 5.92 Å². The molecule has 2 atom stereocenters. The third-order valence-corrected chi connectivity index (χ3v) is 1.12. The maximum atomic E-state index is 10.6. The van der Waals surface area contributed by atoms with Gasteiger partial charge in [-0.3, -0.25) is 0 Å². The molecule has 0 N–H and O–H groups in total. The maximum absolute atomic E-state index is 10.6. The number of hydrogen-bond donors (Lipinski definition) is 0. The van der Waals surface area contributed by atoms with Crippen molar-refractivity contribution >= 4 is 0 Å². The lowest BCUT2D eigenvalue weighted by Gasteiger charge is -2.11. The second-order valence-electron chi connectivity index (χ2n) is 2.41. The minimum Gasteiger partial charge on any atom is -0.230 e. The van der Waals surface area contributed by atoms with Crippen LogP contribution >= 0.6 is 0 Å². The third-order valence-electron chi connectivity index (χ3n) is 1.12. The molecule has 0 spiro atoms. The van der Waals surface area contributed by atoms with Crippen molar-refractivity contribution in [3.05, 3.63) is 0 Å². The Morgan fingerprint density at radius 1 is 1.00 bits per heavy atom. The number of rotatable bonds is 2. The topological polar surface area (TPSA) is 39.8 Å². The molecule has 2 heteroatoms. The van der Waals surface area contributed by atoms with Gasteiger partial charge in [0.1, 0.15) is 12.2 Å². The van der Waals surface area contributed by atoms with E-state index in [-0.39, 0.29) is 5.92 Å². The molecule has 0 amide bonds. The first kappa shape index (κ1) is 7.92. The fourth-order valence-corrected chi connectivity index (χ4v) is 0.542. The van der Waals surface area contributed by atoms with Gasteiger partial charge in [-0.15, -0.1) is 0 Å². The first-order valence-electron chi connectivity index (χ1n) is 2.87. The van der Waals surface area contributed by atoms with E-state index in [0.29, 0.717) is 0 Å². The molecule has 0 saturated heterocycles. The Balaban J connectivity index is 3.46. The molecule has 0 aromatic rings. The highest BCUT2D eigenvalue weighted by Gasteiger charge is 2.17. The Morgan fingerprint density at radius 2 is 1.38 bits per heavy atom. The largest absolute Gasteiger partial charge is 0.230 e. The second kappa shape index (κ2) is 3.05. The summed E-state index contributed by atoms with van der Waals surface area (Å²) < 4.78 is 0. The Morgan fingerprint density at radius 3 is 1.38 bits per heavy atom. The lowest BCUT2D eigenvalue weighted by atomic mass is 10.0. The van der Waals surface area contributed by atoms with E-state index in [1.807, 2.05) is 0 Å². The van der Waals surface area contributed by atoms with Crippen LogP contribution in [0.3, 0.4) is 0 Å². The van der Waals surface area contributed by atoms with Gasteiger partial charge in [0.15, 0.2) is 0 Å². The molecule has 2 radical (unpaired) electrons. The Kier molecular flexibility index (Phi) is 3.02. The molecule has 0 aliphatic rings. The van der Waals surface area contributed by atoms with Gasteiger partial charge in [0.2, 0.25) is 0 Å². The molecule has 0 aromatic carbocycles. The van der Waals surface area contributed by atoms with Crippen molar-refractivity contribution in [2.24, 2.45) is 5.92 Å². The smallest absolute Gasteiger partial charge is 0.124 e. The molecule has 48 valence electrons. The zero-order valence-corrected chi connectivity index (χ0v) is 5.55. The minimum atomic E-state index is -0.963. The summed E-state index contributed by atoms with van der Waals surface area (Å²) in [5.41, 5.74) is 0. The Labute approximate surface area is 50.2 Å². The molecule has 0 fully saturated rings. The van der Waals surface area contributed by atoms with E-state index in [9.17, 15) is 10.2 Å². The van der Waals surface area contributed by atoms with Gasteiger partial charge < -0.3 is 0 Å². The zero-order valence-electron chi connectivity index (χ0n) is 5.55. The predicted molar refractivity (Wildman–Crippen MR) is 29.5 cm³/mol. The fourth-order valence-electron chi connectivity index (χ4n) is 0.542. The van der Waals surface area contributed by atoms with E-state index in [0.717, 1.165) is 0 Å². The van der Waals surface area contributed by atoms with Gasteiger partial charge in [0.25, 0.3) is 0 Å². The van der Waals surface area contributed by atoms with Crippen LogP contribution in [-0.4, -0.2) is 12.2 Å². The lowest BCUT2D eigenvalue weighted by molar-refractivity contribution is -0.0725. The Hall–Kier alpha value is -0.0800. The van der Waals surface area contributed by atoms with Crippen LogP contribution in [0.1, 0.15) is 20.8 Å². The van der Waals surface area contributed by atoms with Crippen molar-refractivity contribution in [2.45, 2.75) is 33.0 Å². The summed E-state index contributed by atoms with van der Waals surface area (Å²) in [7, 11) is 0. The molecule has 0 saturated carbocycles. The van der Waals surface area contributed by atoms with E-state index in [1.54, 1.807) is 13.8 Å². The molecule has 0 aliphatic heterocycles. The summed E-state index contributed by atoms with van der Waals surface area (Å²) in [6.07, 6.45) is -1.90. The maximum Gasteiger partial charge on any atom is 0.124 e. The summed E-state index contributed by atoms with van der Waals surface area (Å²) in [6.45, 7) is 4.95. The van der Waals surface area contributed by atoms with Crippen molar-refractivity contribution in [2.75, 3.05) is 0 Å². The molecule has 0 aromatic heterocycles. The van der Waals surface area contributed by atoms with E-state index in [2.05, 4.69) is 0 Å². The molecular formula is C6H12O2. The van der Waals surface area contributed by atoms with Gasteiger partial charge in [0, 0.05) is 0 Å². The predicted octanol–water partition coefficient (Wildman–Crippen LogP) is 1.26. The van der Waals surface area contributed by atoms with Crippen LogP contribution in [0.5, 0.6) is 0 Å². The summed E-state index contributed by atoms with van der Waals surface area (Å²) in [5.74, 6) is -0.0255. The monoisotopic (exact) mass is 116 g/mol. The van der Waals surface area contributed by atoms with Crippen molar-refractivity contribution < 1.29 is 10.2 Å². The van der Waals surface area contributed by atoms with Crippen LogP contribution < -0.4 is 0 Å².